The van der Waals surface area contributed by atoms with Crippen molar-refractivity contribution in [3.05, 3.63) is 17.5 Å². The fourth-order valence-electron chi connectivity index (χ4n) is 1.69. The van der Waals surface area contributed by atoms with Crippen molar-refractivity contribution >= 4 is 23.2 Å². The van der Waals surface area contributed by atoms with Gasteiger partial charge in [0.05, 0.1) is 0 Å². The summed E-state index contributed by atoms with van der Waals surface area (Å²) in [5.74, 6) is 0.371. The van der Waals surface area contributed by atoms with E-state index in [1.54, 1.807) is 13.8 Å². The molecule has 0 saturated carbocycles. The minimum absolute atomic E-state index is 0.0725. The number of nitrogens with zero attached hydrogens (tertiary/aromatic N) is 5. The summed E-state index contributed by atoms with van der Waals surface area (Å²) < 4.78 is 39.2. The summed E-state index contributed by atoms with van der Waals surface area (Å²) in [6.07, 6.45) is -3.11. The average Bonchev–Trinajstić information content (AvgIpc) is 2.71. The van der Waals surface area contributed by atoms with E-state index >= 15 is 0 Å². The summed E-state index contributed by atoms with van der Waals surface area (Å²) in [7, 11) is 0. The molecule has 0 aliphatic heterocycles. The third-order valence-corrected chi connectivity index (χ3v) is 2.66. The van der Waals surface area contributed by atoms with Gasteiger partial charge < -0.3 is 4.90 Å². The molecule has 0 spiro atoms. The molecule has 0 bridgehead atoms. The summed E-state index contributed by atoms with van der Waals surface area (Å²) >= 11 is 5.80. The first-order valence-corrected chi connectivity index (χ1v) is 5.85. The van der Waals surface area contributed by atoms with Crippen LogP contribution in [0.2, 0.25) is 5.15 Å². The lowest BCUT2D eigenvalue weighted by Crippen LogP contribution is -2.40. The number of hydrogen-bond acceptors (Lipinski definition) is 4. The largest absolute Gasteiger partial charge is 0.405 e. The number of rotatable bonds is 3. The zero-order valence-electron chi connectivity index (χ0n) is 10.2. The van der Waals surface area contributed by atoms with E-state index in [2.05, 4.69) is 15.1 Å². The molecule has 0 radical (unpaired) electrons. The Morgan fingerprint density at radius 3 is 2.68 bits per heavy atom. The molecule has 2 rings (SSSR count). The SMILES string of the molecule is CC(C)N(CC(F)(F)F)c1cc(Cl)nc2ncnn12. The maximum absolute atomic E-state index is 12.6. The Morgan fingerprint density at radius 2 is 2.11 bits per heavy atom. The Morgan fingerprint density at radius 1 is 1.42 bits per heavy atom. The topological polar surface area (TPSA) is 46.3 Å². The van der Waals surface area contributed by atoms with Gasteiger partial charge in [0.15, 0.2) is 0 Å². The van der Waals surface area contributed by atoms with Gasteiger partial charge in [-0.15, -0.1) is 0 Å². The Kier molecular flexibility index (Phi) is 3.53. The number of aromatic nitrogens is 4. The second-order valence-corrected chi connectivity index (χ2v) is 4.63. The summed E-state index contributed by atoms with van der Waals surface area (Å²) in [6, 6.07) is 0.960. The smallest absolute Gasteiger partial charge is 0.345 e. The Balaban J connectivity index is 2.52. The van der Waals surface area contributed by atoms with Gasteiger partial charge in [0, 0.05) is 12.1 Å². The molecule has 2 aromatic heterocycles. The summed E-state index contributed by atoms with van der Waals surface area (Å²) in [5.41, 5.74) is 0. The van der Waals surface area contributed by atoms with Crippen LogP contribution in [0.15, 0.2) is 12.4 Å². The van der Waals surface area contributed by atoms with Gasteiger partial charge in [0.1, 0.15) is 23.8 Å². The van der Waals surface area contributed by atoms with Crippen LogP contribution in [0.4, 0.5) is 19.0 Å². The lowest BCUT2D eigenvalue weighted by molar-refractivity contribution is -0.120. The first-order valence-electron chi connectivity index (χ1n) is 5.47. The highest BCUT2D eigenvalue weighted by molar-refractivity contribution is 6.29. The summed E-state index contributed by atoms with van der Waals surface area (Å²) in [6.45, 7) is 2.21. The van der Waals surface area contributed by atoms with Crippen LogP contribution in [0.3, 0.4) is 0 Å². The third-order valence-electron chi connectivity index (χ3n) is 2.47. The molecule has 19 heavy (non-hydrogen) atoms. The van der Waals surface area contributed by atoms with Crippen molar-refractivity contribution in [1.29, 1.82) is 0 Å². The Bertz CT molecular complexity index is 580. The van der Waals surface area contributed by atoms with Gasteiger partial charge >= 0.3 is 6.18 Å². The van der Waals surface area contributed by atoms with E-state index in [9.17, 15) is 13.2 Å². The molecule has 0 aliphatic carbocycles. The van der Waals surface area contributed by atoms with Gasteiger partial charge in [-0.2, -0.15) is 32.8 Å². The first-order chi connectivity index (χ1) is 8.78. The van der Waals surface area contributed by atoms with Crippen molar-refractivity contribution in [3.63, 3.8) is 0 Å². The first kappa shape index (κ1) is 13.9. The molecule has 9 heteroatoms. The maximum Gasteiger partial charge on any atom is 0.405 e. The van der Waals surface area contributed by atoms with E-state index < -0.39 is 12.7 Å². The quantitative estimate of drug-likeness (QED) is 0.816. The van der Waals surface area contributed by atoms with Crippen LogP contribution in [-0.2, 0) is 0 Å². The van der Waals surface area contributed by atoms with E-state index in [0.29, 0.717) is 0 Å². The molecule has 0 fully saturated rings. The van der Waals surface area contributed by atoms with E-state index in [0.717, 1.165) is 4.90 Å². The molecule has 2 aromatic rings. The van der Waals surface area contributed by atoms with E-state index in [-0.39, 0.29) is 22.8 Å². The number of alkyl halides is 3. The minimum Gasteiger partial charge on any atom is -0.345 e. The summed E-state index contributed by atoms with van der Waals surface area (Å²) in [4.78, 5) is 8.86. The van der Waals surface area contributed by atoms with Crippen molar-refractivity contribution in [2.24, 2.45) is 0 Å². The number of fused-ring (bicyclic) bond motifs is 1. The van der Waals surface area contributed by atoms with Gasteiger partial charge in [0.25, 0.3) is 5.78 Å². The highest BCUT2D eigenvalue weighted by atomic mass is 35.5. The second kappa shape index (κ2) is 4.84. The van der Waals surface area contributed by atoms with Crippen LogP contribution < -0.4 is 4.90 Å². The molecule has 0 amide bonds. The fraction of sp³-hybridized carbons (Fsp3) is 0.500. The molecule has 0 atom stereocenters. The van der Waals surface area contributed by atoms with E-state index in [1.807, 2.05) is 0 Å². The van der Waals surface area contributed by atoms with Crippen molar-refractivity contribution in [2.45, 2.75) is 26.1 Å². The molecule has 0 aliphatic rings. The molecular formula is C10H11ClF3N5. The molecule has 0 N–H and O–H groups in total. The second-order valence-electron chi connectivity index (χ2n) is 4.25. The lowest BCUT2D eigenvalue weighted by Gasteiger charge is -2.29. The lowest BCUT2D eigenvalue weighted by atomic mass is 10.3. The molecule has 0 aromatic carbocycles. The van der Waals surface area contributed by atoms with Gasteiger partial charge in [-0.05, 0) is 13.8 Å². The normalized spacial score (nSPS) is 12.4. The van der Waals surface area contributed by atoms with E-state index in [1.165, 1.54) is 16.9 Å². The fourth-order valence-corrected chi connectivity index (χ4v) is 1.87. The highest BCUT2D eigenvalue weighted by Crippen LogP contribution is 2.25. The predicted molar refractivity (Wildman–Crippen MR) is 64.3 cm³/mol. The molecule has 104 valence electrons. The van der Waals surface area contributed by atoms with Crippen molar-refractivity contribution in [3.8, 4) is 0 Å². The number of halogens is 4. The number of anilines is 1. The molecule has 2 heterocycles. The van der Waals surface area contributed by atoms with E-state index in [4.69, 9.17) is 11.6 Å². The zero-order valence-corrected chi connectivity index (χ0v) is 10.9. The van der Waals surface area contributed by atoms with Crippen LogP contribution in [0.1, 0.15) is 13.8 Å². The van der Waals surface area contributed by atoms with Crippen LogP contribution in [0.5, 0.6) is 0 Å². The molecule has 0 saturated heterocycles. The summed E-state index contributed by atoms with van der Waals surface area (Å²) in [5, 5.41) is 3.94. The zero-order chi connectivity index (χ0) is 14.2. The predicted octanol–water partition coefficient (Wildman–Crippen LogP) is 2.55. The number of hydrogen-bond donors (Lipinski definition) is 0. The Labute approximate surface area is 112 Å². The van der Waals surface area contributed by atoms with Crippen LogP contribution in [0.25, 0.3) is 5.78 Å². The van der Waals surface area contributed by atoms with Crippen molar-refractivity contribution in [1.82, 2.24) is 19.6 Å². The van der Waals surface area contributed by atoms with Gasteiger partial charge in [0.2, 0.25) is 0 Å². The van der Waals surface area contributed by atoms with Gasteiger partial charge in [-0.3, -0.25) is 0 Å². The molecule has 5 nitrogen and oxygen atoms in total. The maximum atomic E-state index is 12.6. The van der Waals surface area contributed by atoms with Crippen LogP contribution in [-0.4, -0.2) is 38.3 Å². The van der Waals surface area contributed by atoms with Crippen LogP contribution in [0, 0.1) is 0 Å². The van der Waals surface area contributed by atoms with Gasteiger partial charge in [-0.25, -0.2) is 0 Å². The Hall–Kier alpha value is -1.57. The monoisotopic (exact) mass is 293 g/mol. The van der Waals surface area contributed by atoms with Crippen molar-refractivity contribution in [2.75, 3.05) is 11.4 Å². The highest BCUT2D eigenvalue weighted by Gasteiger charge is 2.33. The van der Waals surface area contributed by atoms with Gasteiger partial charge in [-0.1, -0.05) is 11.6 Å². The van der Waals surface area contributed by atoms with Crippen molar-refractivity contribution < 1.29 is 13.2 Å². The molecular weight excluding hydrogens is 283 g/mol. The minimum atomic E-state index is -4.33. The molecule has 0 unspecified atom stereocenters. The standard InChI is InChI=1S/C10H11ClF3N5/c1-6(2)18(4-10(12,13)14)8-3-7(11)17-9-15-5-16-19(8)9/h3,5-6H,4H2,1-2H3. The van der Waals surface area contributed by atoms with Crippen LogP contribution >= 0.6 is 11.6 Å². The average molecular weight is 294 g/mol. The third kappa shape index (κ3) is 3.06.